The van der Waals surface area contributed by atoms with Crippen molar-refractivity contribution in [2.45, 2.75) is 14.7 Å². The Morgan fingerprint density at radius 2 is 0.424 bits per heavy atom. The number of hydrogen-bond donors (Lipinski definition) is 2. The van der Waals surface area contributed by atoms with E-state index in [0.717, 1.165) is 9.79 Å². The molecule has 0 radical (unpaired) electrons. The van der Waals surface area contributed by atoms with Crippen molar-refractivity contribution in [3.05, 3.63) is 195 Å². The minimum Gasteiger partial charge on any atom is -0.508 e. The van der Waals surface area contributed by atoms with Gasteiger partial charge in [-0.15, -0.1) is 0 Å². The van der Waals surface area contributed by atoms with Gasteiger partial charge >= 0.3 is 236 Å². The van der Waals surface area contributed by atoms with Gasteiger partial charge in [-0.05, 0) is 60.7 Å². The van der Waals surface area contributed by atoms with E-state index in [4.69, 9.17) is 0 Å². The quantitative estimate of drug-likeness (QED) is 0.0549. The van der Waals surface area contributed by atoms with Crippen LogP contribution < -0.4 is 16.5 Å². The third-order valence-corrected chi connectivity index (χ3v) is 23.6. The molecular weight excluding hydrogens is 1020 g/mol. The summed E-state index contributed by atoms with van der Waals surface area (Å²) in [7, 11) is -0.253. The second kappa shape index (κ2) is 18.5. The van der Waals surface area contributed by atoms with Crippen LogP contribution in [-0.2, 0) is 10.9 Å². The SMILES string of the molecule is Fc1c(F)c(F)[c]([Ga-]([c]2c(F)c(F)c(F)c(F)c2F)([c]2c(F)c(F)c(F)c(F)c2F)[c]2c(F)c(F)c(F)c(F)c2F)c(F)c1F.Oc1ccc([S+](c2ccccc2)c2ccc(O)cc2)cc1. The summed E-state index contributed by atoms with van der Waals surface area (Å²) in [6.45, 7) is 0. The summed E-state index contributed by atoms with van der Waals surface area (Å²) in [6.07, 6.45) is 0. The number of hydrogen-bond acceptors (Lipinski definition) is 2. The van der Waals surface area contributed by atoms with Crippen LogP contribution in [0.25, 0.3) is 0 Å². The molecular formula is C42H15F20GaO2S. The molecule has 7 rings (SSSR count). The second-order valence-corrected chi connectivity index (χ2v) is 23.9. The molecule has 0 aliphatic rings. The first-order valence-electron chi connectivity index (χ1n) is 17.5. The van der Waals surface area contributed by atoms with Crippen LogP contribution in [0.5, 0.6) is 11.5 Å². The molecule has 24 heteroatoms. The predicted molar refractivity (Wildman–Crippen MR) is 194 cm³/mol. The second-order valence-electron chi connectivity index (χ2n) is 13.4. The van der Waals surface area contributed by atoms with Gasteiger partial charge < -0.3 is 10.2 Å². The molecule has 2 N–H and O–H groups in total. The zero-order chi connectivity index (χ0) is 49.0. The van der Waals surface area contributed by atoms with Crippen molar-refractivity contribution < 1.29 is 98.0 Å². The zero-order valence-electron chi connectivity index (χ0n) is 31.4. The summed E-state index contributed by atoms with van der Waals surface area (Å²) in [5, 5.41) is 19.0. The van der Waals surface area contributed by atoms with Gasteiger partial charge in [0, 0.05) is 0 Å². The molecule has 0 bridgehead atoms. The van der Waals surface area contributed by atoms with E-state index < -0.39 is 148 Å². The minimum atomic E-state index is -9.74. The number of halogens is 20. The third kappa shape index (κ3) is 7.86. The van der Waals surface area contributed by atoms with Crippen molar-refractivity contribution in [1.82, 2.24) is 0 Å². The van der Waals surface area contributed by atoms with Gasteiger partial charge in [0.1, 0.15) is 11.5 Å². The van der Waals surface area contributed by atoms with E-state index in [1.54, 1.807) is 24.3 Å². The van der Waals surface area contributed by atoms with E-state index in [0.29, 0.717) is 0 Å². The van der Waals surface area contributed by atoms with E-state index in [1.165, 1.54) is 4.90 Å². The molecule has 344 valence electrons. The smallest absolute Gasteiger partial charge is 0.166 e. The van der Waals surface area contributed by atoms with Crippen molar-refractivity contribution in [3.8, 4) is 11.5 Å². The van der Waals surface area contributed by atoms with Gasteiger partial charge in [-0.25, -0.2) is 0 Å². The number of benzene rings is 7. The largest absolute Gasteiger partial charge is 0.508 e. The summed E-state index contributed by atoms with van der Waals surface area (Å²) in [4.78, 5) is 3.46. The molecule has 0 aromatic heterocycles. The van der Waals surface area contributed by atoms with Crippen LogP contribution in [0.3, 0.4) is 0 Å². The summed E-state index contributed by atoms with van der Waals surface area (Å²) in [5.41, 5.74) is 0. The Hall–Kier alpha value is -6.27. The number of phenolic OH excluding ortho intramolecular Hbond substituents is 2. The van der Waals surface area contributed by atoms with Gasteiger partial charge in [-0.2, -0.15) is 0 Å². The van der Waals surface area contributed by atoms with Crippen LogP contribution in [0.15, 0.2) is 93.5 Å². The number of aromatic hydroxyl groups is 2. The van der Waals surface area contributed by atoms with Crippen LogP contribution in [0.4, 0.5) is 87.8 Å². The monoisotopic (exact) mass is 1030 g/mol. The maximum Gasteiger partial charge on any atom is 0.166 e. The Balaban J connectivity index is 0.000000284. The molecule has 0 amide bonds. The van der Waals surface area contributed by atoms with Crippen LogP contribution in [0, 0.1) is 116 Å². The fourth-order valence-electron chi connectivity index (χ4n) is 7.00. The molecule has 0 heterocycles. The molecule has 0 saturated carbocycles. The fourth-order valence-corrected chi connectivity index (χ4v) is 21.2. The Bertz CT molecular complexity index is 2620. The zero-order valence-corrected chi connectivity index (χ0v) is 34.7. The Labute approximate surface area is 360 Å². The molecule has 0 aliphatic carbocycles. The first kappa shape index (κ1) is 49.2. The van der Waals surface area contributed by atoms with Gasteiger partial charge in [0.05, 0.1) is 10.9 Å². The van der Waals surface area contributed by atoms with Crippen LogP contribution in [0.1, 0.15) is 0 Å². The van der Waals surface area contributed by atoms with Gasteiger partial charge in [-0.3, -0.25) is 0 Å². The summed E-state index contributed by atoms with van der Waals surface area (Å²) in [5.74, 6) is -70.0. The Morgan fingerprint density at radius 3 is 0.636 bits per heavy atom. The first-order valence-corrected chi connectivity index (χ1v) is 23.6. The predicted octanol–water partition coefficient (Wildman–Crippen LogP) is 10.0. The first-order chi connectivity index (χ1) is 30.9. The molecule has 2 nitrogen and oxygen atoms in total. The van der Waals surface area contributed by atoms with Crippen LogP contribution in [-0.4, -0.2) is 25.2 Å². The third-order valence-electron chi connectivity index (χ3n) is 9.83. The van der Waals surface area contributed by atoms with Crippen molar-refractivity contribution in [2.24, 2.45) is 0 Å². The molecule has 0 saturated heterocycles. The molecule has 0 aliphatic heterocycles. The number of phenols is 2. The average molecular weight is 1030 g/mol. The van der Waals surface area contributed by atoms with E-state index in [1.807, 2.05) is 42.5 Å². The summed E-state index contributed by atoms with van der Waals surface area (Å²) < 4.78 is 281. The van der Waals surface area contributed by atoms with E-state index in [-0.39, 0.29) is 22.4 Å². The minimum absolute atomic E-state index is 0.253. The average Bonchev–Trinajstić information content (AvgIpc) is 3.30. The van der Waals surface area contributed by atoms with Gasteiger partial charge in [0.15, 0.2) is 14.7 Å². The van der Waals surface area contributed by atoms with Crippen molar-refractivity contribution in [1.29, 1.82) is 0 Å². The van der Waals surface area contributed by atoms with E-state index >= 15 is 35.1 Å². The molecule has 0 unspecified atom stereocenters. The molecule has 0 atom stereocenters. The van der Waals surface area contributed by atoms with Crippen LogP contribution in [0.2, 0.25) is 0 Å². The fraction of sp³-hybridized carbons (Fsp3) is 0. The molecule has 66 heavy (non-hydrogen) atoms. The van der Waals surface area contributed by atoms with Crippen molar-refractivity contribution in [3.63, 3.8) is 0 Å². The Kier molecular flexibility index (Phi) is 13.8. The van der Waals surface area contributed by atoms with E-state index in [9.17, 15) is 62.9 Å². The molecule has 7 aromatic rings. The topological polar surface area (TPSA) is 40.5 Å². The maximum absolute atomic E-state index is 15.4. The standard InChI is InChI=1S/C18H14O2S.4C6F5.Ga/c19-14-6-10-17(11-7-14)21(16-4-2-1-3-5-16)18-12-8-15(20)9-13-18;4*7-2-1-3(8)5(10)6(11)4(2)9;/h1-13H,(H-,19,20);;;;;/q;;;;;-1/p+1. The van der Waals surface area contributed by atoms with Crippen molar-refractivity contribution in [2.75, 3.05) is 0 Å². The summed E-state index contributed by atoms with van der Waals surface area (Å²) in [6, 6.07) is 24.8. The maximum atomic E-state index is 15.4. The Morgan fingerprint density at radius 1 is 0.242 bits per heavy atom. The van der Waals surface area contributed by atoms with Crippen LogP contribution >= 0.6 is 0 Å². The van der Waals surface area contributed by atoms with Crippen molar-refractivity contribution >= 4 is 42.4 Å². The number of rotatable bonds is 7. The molecule has 0 spiro atoms. The summed E-state index contributed by atoms with van der Waals surface area (Å²) >= 11 is -9.74. The van der Waals surface area contributed by atoms with E-state index in [2.05, 4.69) is 12.1 Å². The van der Waals surface area contributed by atoms with Gasteiger partial charge in [0.2, 0.25) is 0 Å². The van der Waals surface area contributed by atoms with Gasteiger partial charge in [0.25, 0.3) is 0 Å². The molecule has 7 aromatic carbocycles. The normalized spacial score (nSPS) is 11.6. The van der Waals surface area contributed by atoms with Gasteiger partial charge in [-0.1, -0.05) is 18.2 Å². The molecule has 0 fully saturated rings.